The molecule has 0 aliphatic heterocycles. The van der Waals surface area contributed by atoms with Crippen molar-refractivity contribution in [1.29, 1.82) is 0 Å². The number of nitrogens with one attached hydrogen (secondary N) is 1. The van der Waals surface area contributed by atoms with Crippen molar-refractivity contribution in [2.75, 3.05) is 33.1 Å². The smallest absolute Gasteiger partial charge is 0.246 e. The van der Waals surface area contributed by atoms with Crippen LogP contribution in [-0.4, -0.2) is 39.0 Å². The van der Waals surface area contributed by atoms with Gasteiger partial charge in [-0.1, -0.05) is 33.1 Å². The summed E-state index contributed by atoms with van der Waals surface area (Å²) in [6.07, 6.45) is 3.11. The highest BCUT2D eigenvalue weighted by Gasteiger charge is 2.10. The molecule has 0 rings (SSSR count). The zero-order valence-electron chi connectivity index (χ0n) is 13.7. The van der Waals surface area contributed by atoms with Crippen LogP contribution in [0.3, 0.4) is 0 Å². The summed E-state index contributed by atoms with van der Waals surface area (Å²) in [6, 6.07) is 0. The molecule has 0 aliphatic rings. The first-order valence-corrected chi connectivity index (χ1v) is 7.49. The van der Waals surface area contributed by atoms with Crippen molar-refractivity contribution >= 4 is 18.5 Å². The fourth-order valence-electron chi connectivity index (χ4n) is 1.11. The van der Waals surface area contributed by atoms with Crippen LogP contribution in [0.5, 0.6) is 0 Å². The lowest BCUT2D eigenvalue weighted by Crippen LogP contribution is -2.29. The molecule has 0 aromatic heterocycles. The monoisotopic (exact) mass is 321 g/mol. The summed E-state index contributed by atoms with van der Waals surface area (Å²) in [4.78, 5) is 11.2. The van der Waals surface area contributed by atoms with Gasteiger partial charge in [-0.2, -0.15) is 12.6 Å². The van der Waals surface area contributed by atoms with Gasteiger partial charge in [-0.3, -0.25) is 4.79 Å². The second-order valence-electron chi connectivity index (χ2n) is 3.11. The summed E-state index contributed by atoms with van der Waals surface area (Å²) >= 11 is 3.53. The van der Waals surface area contributed by atoms with E-state index in [1.54, 1.807) is 13.2 Å². The van der Waals surface area contributed by atoms with Crippen molar-refractivity contribution in [3.8, 4) is 0 Å². The molecule has 0 aromatic rings. The van der Waals surface area contributed by atoms with Gasteiger partial charge in [0.25, 0.3) is 0 Å². The molecule has 0 atom stereocenters. The van der Waals surface area contributed by atoms with Gasteiger partial charge < -0.3 is 14.8 Å². The Morgan fingerprint density at radius 2 is 1.90 bits per heavy atom. The Labute approximate surface area is 133 Å². The van der Waals surface area contributed by atoms with E-state index in [4.69, 9.17) is 4.74 Å². The third-order valence-corrected chi connectivity index (χ3v) is 1.82. The van der Waals surface area contributed by atoms with E-state index in [1.165, 1.54) is 13.2 Å². The Kier molecular flexibility index (Phi) is 22.1. The summed E-state index contributed by atoms with van der Waals surface area (Å²) < 4.78 is 22.8. The maximum absolute atomic E-state index is 13.1. The maximum Gasteiger partial charge on any atom is 0.246 e. The third kappa shape index (κ3) is 13.5. The van der Waals surface area contributed by atoms with Gasteiger partial charge in [-0.15, -0.1) is 0 Å². The lowest BCUT2D eigenvalue weighted by molar-refractivity contribution is -0.124. The van der Waals surface area contributed by atoms with Crippen LogP contribution >= 0.6 is 12.6 Å². The van der Waals surface area contributed by atoms with E-state index in [-0.39, 0.29) is 24.8 Å². The van der Waals surface area contributed by atoms with Crippen molar-refractivity contribution in [3.63, 3.8) is 0 Å². The average molecular weight is 321 g/mol. The normalized spacial score (nSPS) is 9.86. The van der Waals surface area contributed by atoms with Crippen molar-refractivity contribution in [1.82, 2.24) is 5.32 Å². The number of thiol groups is 1. The number of allylic oxidation sites excluding steroid dienone is 1. The Hall–Kier alpha value is -1.27. The van der Waals surface area contributed by atoms with Gasteiger partial charge >= 0.3 is 0 Å². The molecule has 0 radical (unpaired) electrons. The van der Waals surface area contributed by atoms with Crippen LogP contribution in [0.2, 0.25) is 0 Å². The Morgan fingerprint density at radius 3 is 2.24 bits per heavy atom. The van der Waals surface area contributed by atoms with E-state index in [9.17, 15) is 9.18 Å². The zero-order valence-corrected chi connectivity index (χ0v) is 14.6. The highest BCUT2D eigenvalue weighted by Crippen LogP contribution is 2.16. The molecule has 6 heteroatoms. The van der Waals surface area contributed by atoms with Crippen LogP contribution in [0, 0.1) is 0 Å². The van der Waals surface area contributed by atoms with Crippen LogP contribution in [0.1, 0.15) is 20.8 Å². The minimum atomic E-state index is -0.692. The lowest BCUT2D eigenvalue weighted by Gasteiger charge is -2.12. The van der Waals surface area contributed by atoms with Gasteiger partial charge in [0.05, 0.1) is 6.61 Å². The van der Waals surface area contributed by atoms with E-state index in [0.29, 0.717) is 12.2 Å². The number of ether oxygens (including phenoxy) is 2. The van der Waals surface area contributed by atoms with E-state index >= 15 is 0 Å². The fraction of sp³-hybridized carbons (Fsp3) is 0.533. The molecule has 0 saturated carbocycles. The summed E-state index contributed by atoms with van der Waals surface area (Å²) in [5.74, 6) is -0.977. The molecule has 1 N–H and O–H groups in total. The molecule has 0 saturated heterocycles. The zero-order chi connectivity index (χ0) is 17.3. The first-order valence-electron chi connectivity index (χ1n) is 6.60. The van der Waals surface area contributed by atoms with Crippen molar-refractivity contribution in [2.45, 2.75) is 20.8 Å². The molecule has 0 aliphatic carbocycles. The number of carbonyl (C=O) groups is 1. The topological polar surface area (TPSA) is 47.6 Å². The number of hydrogen-bond acceptors (Lipinski definition) is 4. The van der Waals surface area contributed by atoms with Crippen LogP contribution < -0.4 is 5.32 Å². The molecule has 0 fully saturated rings. The first-order chi connectivity index (χ1) is 10.1. The largest absolute Gasteiger partial charge is 0.490 e. The molecule has 0 spiro atoms. The molecule has 124 valence electrons. The van der Waals surface area contributed by atoms with Crippen molar-refractivity contribution in [2.24, 2.45) is 0 Å². The highest BCUT2D eigenvalue weighted by molar-refractivity contribution is 7.79. The quantitative estimate of drug-likeness (QED) is 0.410. The average Bonchev–Trinajstić information content (AvgIpc) is 2.50. The number of methoxy groups -OCH3 is 1. The molecular formula is C15H28FNO3S. The first kappa shape index (κ1) is 24.7. The van der Waals surface area contributed by atoms with Crippen LogP contribution in [0.15, 0.2) is 36.4 Å². The van der Waals surface area contributed by atoms with Crippen LogP contribution in [-0.2, 0) is 14.3 Å². The van der Waals surface area contributed by atoms with Gasteiger partial charge in [-0.25, -0.2) is 4.39 Å². The lowest BCUT2D eigenvalue weighted by atomic mass is 10.2. The number of amides is 1. The number of carbonyl (C=O) groups excluding carboxylic acids is 1. The van der Waals surface area contributed by atoms with E-state index in [0.717, 1.165) is 0 Å². The Bertz CT molecular complexity index is 331. The summed E-state index contributed by atoms with van der Waals surface area (Å²) in [5.41, 5.74) is 0.434. The number of rotatable bonds is 8. The minimum absolute atomic E-state index is 0.0141. The van der Waals surface area contributed by atoms with Gasteiger partial charge in [0.15, 0.2) is 11.6 Å². The molecule has 0 aromatic carbocycles. The molecular weight excluding hydrogens is 293 g/mol. The van der Waals surface area contributed by atoms with E-state index in [2.05, 4.69) is 35.8 Å². The summed E-state index contributed by atoms with van der Waals surface area (Å²) in [5, 5.41) is 2.55. The summed E-state index contributed by atoms with van der Waals surface area (Å²) in [7, 11) is 1.42. The van der Waals surface area contributed by atoms with Gasteiger partial charge in [0.1, 0.15) is 6.61 Å². The minimum Gasteiger partial charge on any atom is -0.490 e. The summed E-state index contributed by atoms with van der Waals surface area (Å²) in [6.45, 7) is 12.8. The maximum atomic E-state index is 13.1. The van der Waals surface area contributed by atoms with E-state index < -0.39 is 5.83 Å². The molecule has 21 heavy (non-hydrogen) atoms. The van der Waals surface area contributed by atoms with Crippen LogP contribution in [0.4, 0.5) is 4.39 Å². The van der Waals surface area contributed by atoms with Crippen LogP contribution in [0.25, 0.3) is 0 Å². The fourth-order valence-corrected chi connectivity index (χ4v) is 1.11. The molecule has 1 amide bonds. The van der Waals surface area contributed by atoms with Crippen molar-refractivity contribution in [3.05, 3.63) is 36.4 Å². The molecule has 4 nitrogen and oxygen atoms in total. The van der Waals surface area contributed by atoms with Crippen molar-refractivity contribution < 1.29 is 18.7 Å². The number of halogens is 1. The Balaban J connectivity index is -0.000000739. The molecule has 0 heterocycles. The Morgan fingerprint density at radius 1 is 1.38 bits per heavy atom. The second-order valence-corrected chi connectivity index (χ2v) is 3.11. The second kappa shape index (κ2) is 18.7. The van der Waals surface area contributed by atoms with E-state index in [1.807, 2.05) is 13.8 Å². The standard InChI is InChI=1S/C12H18FNO3.C2H6.CH4S/c1-5-10(7-14-11(15)8-16-4)12(9(3)13)17-6-2;2*1-2/h5H,1,3,6-8H2,2,4H3,(H,14,15);1-2H3;2H,1H3/b12-10-;;. The van der Waals surface area contributed by atoms with Gasteiger partial charge in [0.2, 0.25) is 5.91 Å². The van der Waals surface area contributed by atoms with Gasteiger partial charge in [-0.05, 0) is 13.2 Å². The molecule has 0 unspecified atom stereocenters. The molecule has 0 bridgehead atoms. The SMILES string of the molecule is C=C/C(CNC(=O)COC)=C(/OCC)C(=C)F.CC.CS. The predicted octanol–water partition coefficient (Wildman–Crippen LogP) is 3.28. The number of hydrogen-bond donors (Lipinski definition) is 2. The highest BCUT2D eigenvalue weighted by atomic mass is 32.1. The van der Waals surface area contributed by atoms with Gasteiger partial charge in [0, 0.05) is 19.2 Å². The predicted molar refractivity (Wildman–Crippen MR) is 90.2 cm³/mol. The third-order valence-electron chi connectivity index (χ3n) is 1.82.